The molecule has 1 amide bonds. The van der Waals surface area contributed by atoms with E-state index in [2.05, 4.69) is 63.3 Å². The van der Waals surface area contributed by atoms with Crippen molar-refractivity contribution in [1.82, 2.24) is 24.8 Å². The van der Waals surface area contributed by atoms with Gasteiger partial charge in [0, 0.05) is 61.8 Å². The van der Waals surface area contributed by atoms with Crippen LogP contribution in [0.4, 0.5) is 15.9 Å². The second-order valence-electron chi connectivity index (χ2n) is 12.7. The van der Waals surface area contributed by atoms with Gasteiger partial charge in [0.2, 0.25) is 6.54 Å². The number of benzene rings is 1. The lowest BCUT2D eigenvalue weighted by Gasteiger charge is -2.41. The van der Waals surface area contributed by atoms with Gasteiger partial charge in [-0.05, 0) is 51.6 Å². The predicted molar refractivity (Wildman–Crippen MR) is 173 cm³/mol. The molecule has 2 aliphatic heterocycles. The van der Waals surface area contributed by atoms with Crippen molar-refractivity contribution >= 4 is 28.2 Å². The third-order valence-electron chi connectivity index (χ3n) is 9.05. The summed E-state index contributed by atoms with van der Waals surface area (Å²) in [6, 6.07) is 6.11. The van der Waals surface area contributed by atoms with Crippen LogP contribution in [-0.4, -0.2) is 95.7 Å². The fraction of sp³-hybridized carbons (Fsp3) is 0.500. The van der Waals surface area contributed by atoms with Crippen molar-refractivity contribution in [2.75, 3.05) is 62.7 Å². The summed E-state index contributed by atoms with van der Waals surface area (Å²) < 4.78 is 20.2. The molecule has 11 heteroatoms. The van der Waals surface area contributed by atoms with Crippen molar-refractivity contribution in [2.45, 2.75) is 51.8 Å². The van der Waals surface area contributed by atoms with Crippen molar-refractivity contribution in [3.8, 4) is 6.01 Å². The number of nitrogens with zero attached hydrogens (tertiary/aromatic N) is 8. The number of hydrogen-bond acceptors (Lipinski definition) is 8. The summed E-state index contributed by atoms with van der Waals surface area (Å²) in [5, 5.41) is 2.29. The summed E-state index contributed by atoms with van der Waals surface area (Å²) in [4.78, 5) is 38.8. The number of anilines is 2. The lowest BCUT2D eigenvalue weighted by atomic mass is 10.0. The van der Waals surface area contributed by atoms with Gasteiger partial charge in [-0.15, -0.1) is 0 Å². The number of rotatable bonds is 10. The molecule has 2 aromatic heterocycles. The molecule has 3 aromatic rings. The fourth-order valence-electron chi connectivity index (χ4n) is 6.75. The summed E-state index contributed by atoms with van der Waals surface area (Å²) in [5.41, 5.74) is 4.20. The summed E-state index contributed by atoms with van der Waals surface area (Å²) in [7, 11) is 2.12. The number of likely N-dealkylation sites (N-methyl/N-ethyl adjacent to an activating group) is 1. The number of ether oxygens (including phenoxy) is 1. The van der Waals surface area contributed by atoms with Crippen molar-refractivity contribution < 1.29 is 13.9 Å². The third-order valence-corrected chi connectivity index (χ3v) is 9.05. The Balaban J connectivity index is 1.32. The van der Waals surface area contributed by atoms with Gasteiger partial charge in [-0.2, -0.15) is 9.97 Å². The number of aryl methyl sites for hydroxylation is 1. The van der Waals surface area contributed by atoms with E-state index in [9.17, 15) is 9.18 Å². The van der Waals surface area contributed by atoms with Gasteiger partial charge in [-0.25, -0.2) is 11.0 Å². The molecule has 0 unspecified atom stereocenters. The van der Waals surface area contributed by atoms with Crippen LogP contribution in [0.1, 0.15) is 36.6 Å². The number of carbonyl (C=O) groups is 1. The lowest BCUT2D eigenvalue weighted by Crippen LogP contribution is -2.57. The zero-order valence-corrected chi connectivity index (χ0v) is 26.4. The fourth-order valence-corrected chi connectivity index (χ4v) is 6.75. The zero-order chi connectivity index (χ0) is 31.7. The molecular formula is C34H41FN8O2. The number of aromatic nitrogens is 3. The minimum Gasteiger partial charge on any atom is -0.459 e. The minimum absolute atomic E-state index is 0.0672. The molecule has 2 atom stereocenters. The second-order valence-corrected chi connectivity index (χ2v) is 12.7. The summed E-state index contributed by atoms with van der Waals surface area (Å²) in [6.45, 7) is 19.1. The zero-order valence-electron chi connectivity index (χ0n) is 26.4. The molecule has 236 valence electrons. The molecular weight excluding hydrogens is 571 g/mol. The highest BCUT2D eigenvalue weighted by molar-refractivity contribution is 5.96. The first-order chi connectivity index (χ1) is 21.7. The number of hydrogen-bond donors (Lipinski definition) is 0. The molecule has 10 nitrogen and oxygen atoms in total. The third kappa shape index (κ3) is 6.71. The van der Waals surface area contributed by atoms with Crippen LogP contribution in [0.15, 0.2) is 43.0 Å². The maximum atomic E-state index is 13.8. The highest BCUT2D eigenvalue weighted by Crippen LogP contribution is 2.36. The van der Waals surface area contributed by atoms with Crippen LogP contribution in [0.3, 0.4) is 0 Å². The van der Waals surface area contributed by atoms with Gasteiger partial charge in [-0.3, -0.25) is 9.78 Å². The van der Waals surface area contributed by atoms with Crippen LogP contribution in [0.5, 0.6) is 6.01 Å². The number of piperazine rings is 1. The molecule has 2 fully saturated rings. The standard InChI is InChI=1S/C34H41FN8O2/c1-22-7-6-8-26-15-37-17-30(31(22)26)41-12-11-28-29(21-41)38-34(45-23(2)18-40(5)19-25-9-10-25)39-32(28)42-13-14-43(33(44)24(3)35)27(20-42)16-36-4/h6-8,15,17,23,25,27H,3,9-14,16,18-21H2,1-2,5H3/t23-,27+/m1/s1. The Morgan fingerprint density at radius 1 is 1.22 bits per heavy atom. The Kier molecular flexibility index (Phi) is 8.85. The van der Waals surface area contributed by atoms with Gasteiger partial charge in [-0.1, -0.05) is 24.8 Å². The maximum absolute atomic E-state index is 13.8. The summed E-state index contributed by atoms with van der Waals surface area (Å²) in [6.07, 6.45) is 7.02. The van der Waals surface area contributed by atoms with Crippen LogP contribution in [0.2, 0.25) is 0 Å². The van der Waals surface area contributed by atoms with Gasteiger partial charge in [0.1, 0.15) is 18.0 Å². The molecule has 4 heterocycles. The topological polar surface area (TPSA) is 82.3 Å². The average molecular weight is 613 g/mol. The van der Waals surface area contributed by atoms with E-state index in [4.69, 9.17) is 21.3 Å². The van der Waals surface area contributed by atoms with E-state index >= 15 is 0 Å². The number of pyridine rings is 1. The smallest absolute Gasteiger partial charge is 0.318 e. The maximum Gasteiger partial charge on any atom is 0.318 e. The van der Waals surface area contributed by atoms with Crippen molar-refractivity contribution in [2.24, 2.45) is 5.92 Å². The van der Waals surface area contributed by atoms with Crippen LogP contribution >= 0.6 is 0 Å². The van der Waals surface area contributed by atoms with Crippen LogP contribution in [-0.2, 0) is 17.8 Å². The van der Waals surface area contributed by atoms with Crippen molar-refractivity contribution in [1.29, 1.82) is 0 Å². The quantitative estimate of drug-likeness (QED) is 0.246. The van der Waals surface area contributed by atoms with E-state index in [1.165, 1.54) is 28.7 Å². The first-order valence-electron chi connectivity index (χ1n) is 15.8. The summed E-state index contributed by atoms with van der Waals surface area (Å²) in [5.74, 6) is -0.208. The molecule has 0 N–H and O–H groups in total. The van der Waals surface area contributed by atoms with Crippen LogP contribution in [0.25, 0.3) is 15.6 Å². The Hall–Kier alpha value is -4.30. The molecule has 0 spiro atoms. The lowest BCUT2D eigenvalue weighted by molar-refractivity contribution is -0.131. The van der Waals surface area contributed by atoms with Gasteiger partial charge < -0.3 is 29.2 Å². The van der Waals surface area contributed by atoms with E-state index in [0.717, 1.165) is 53.7 Å². The van der Waals surface area contributed by atoms with Crippen LogP contribution in [0, 0.1) is 19.4 Å². The van der Waals surface area contributed by atoms with E-state index in [0.29, 0.717) is 32.1 Å². The number of halogens is 1. The summed E-state index contributed by atoms with van der Waals surface area (Å²) >= 11 is 0. The van der Waals surface area contributed by atoms with Gasteiger partial charge in [0.25, 0.3) is 5.91 Å². The first-order valence-corrected chi connectivity index (χ1v) is 15.8. The van der Waals surface area contributed by atoms with E-state index in [-0.39, 0.29) is 19.2 Å². The Bertz CT molecular complexity index is 1630. The molecule has 0 bridgehead atoms. The molecule has 0 radical (unpaired) electrons. The largest absolute Gasteiger partial charge is 0.459 e. The predicted octanol–water partition coefficient (Wildman–Crippen LogP) is 4.42. The first kappa shape index (κ1) is 30.7. The highest BCUT2D eigenvalue weighted by atomic mass is 19.1. The van der Waals surface area contributed by atoms with Crippen molar-refractivity contribution in [3.05, 3.63) is 71.2 Å². The SMILES string of the molecule is [C-]#[N+]C[C@H]1CN(c2nc(O[C@H](C)CN(C)CC3CC3)nc3c2CCN(c2cncc4cccc(C)c24)C3)CCN1C(=O)C(=C)F. The van der Waals surface area contributed by atoms with Gasteiger partial charge in [0.05, 0.1) is 24.1 Å². The molecule has 45 heavy (non-hydrogen) atoms. The minimum atomic E-state index is -1.01. The number of amides is 1. The van der Waals surface area contributed by atoms with Crippen LogP contribution < -0.4 is 14.5 Å². The Morgan fingerprint density at radius 3 is 2.80 bits per heavy atom. The van der Waals surface area contributed by atoms with Gasteiger partial charge in [0.15, 0.2) is 5.83 Å². The average Bonchev–Trinajstić information content (AvgIpc) is 3.83. The Morgan fingerprint density at radius 2 is 2.04 bits per heavy atom. The number of fused-ring (bicyclic) bond motifs is 2. The normalized spacial score (nSPS) is 18.9. The molecule has 3 aliphatic rings. The van der Waals surface area contributed by atoms with Crippen molar-refractivity contribution in [3.63, 3.8) is 0 Å². The number of carbonyl (C=O) groups excluding carboxylic acids is 1. The van der Waals surface area contributed by atoms with Gasteiger partial charge >= 0.3 is 6.01 Å². The second kappa shape index (κ2) is 13.0. The Labute approximate surface area is 264 Å². The monoisotopic (exact) mass is 612 g/mol. The molecule has 1 saturated carbocycles. The van der Waals surface area contributed by atoms with E-state index in [1.807, 2.05) is 19.3 Å². The molecule has 1 aliphatic carbocycles. The highest BCUT2D eigenvalue weighted by Gasteiger charge is 2.36. The molecule has 1 aromatic carbocycles. The van der Waals surface area contributed by atoms with E-state index < -0.39 is 17.8 Å². The molecule has 1 saturated heterocycles. The molecule has 6 rings (SSSR count). The van der Waals surface area contributed by atoms with E-state index in [1.54, 1.807) is 0 Å².